The van der Waals surface area contributed by atoms with Crippen molar-refractivity contribution in [2.24, 2.45) is 0 Å². The van der Waals surface area contributed by atoms with Crippen LogP contribution in [0.1, 0.15) is 11.1 Å². The van der Waals surface area contributed by atoms with Gasteiger partial charge in [0.05, 0.1) is 15.4 Å². The number of nitriles is 1. The zero-order valence-corrected chi connectivity index (χ0v) is 13.5. The predicted octanol–water partition coefficient (Wildman–Crippen LogP) is 3.36. The Balaban J connectivity index is 2.39. The summed E-state index contributed by atoms with van der Waals surface area (Å²) in [4.78, 5) is 33.1. The number of rotatable bonds is 5. The average Bonchev–Trinajstić information content (AvgIpc) is 2.61. The van der Waals surface area contributed by atoms with Crippen LogP contribution in [0.15, 0.2) is 48.0 Å². The number of para-hydroxylation sites is 1. The van der Waals surface area contributed by atoms with Gasteiger partial charge >= 0.3 is 0 Å². The summed E-state index contributed by atoms with van der Waals surface area (Å²) >= 11 is 0. The molecule has 0 spiro atoms. The lowest BCUT2D eigenvalue weighted by Crippen LogP contribution is -2.14. The number of carbonyl (C=O) groups is 1. The summed E-state index contributed by atoms with van der Waals surface area (Å²) in [6.45, 7) is 1.66. The number of nitrogens with one attached hydrogen (secondary N) is 1. The van der Waals surface area contributed by atoms with E-state index in [1.165, 1.54) is 36.4 Å². The molecule has 0 aromatic heterocycles. The lowest BCUT2D eigenvalue weighted by atomic mass is 10.1. The maximum atomic E-state index is 12.3. The topological polar surface area (TPSA) is 139 Å². The molecule has 0 bridgehead atoms. The van der Waals surface area contributed by atoms with E-state index in [-0.39, 0.29) is 22.6 Å². The van der Waals surface area contributed by atoms with Crippen LogP contribution in [0.5, 0.6) is 0 Å². The molecule has 1 N–H and O–H groups in total. The minimum absolute atomic E-state index is 0.0719. The van der Waals surface area contributed by atoms with Gasteiger partial charge in [0.15, 0.2) is 0 Å². The molecule has 2 aromatic rings. The maximum absolute atomic E-state index is 12.3. The molecular formula is C17H12N4O5. The summed E-state index contributed by atoms with van der Waals surface area (Å²) < 4.78 is 0. The lowest BCUT2D eigenvalue weighted by Gasteiger charge is -2.06. The second-order valence-electron chi connectivity index (χ2n) is 5.22. The number of nitro benzene ring substituents is 2. The van der Waals surface area contributed by atoms with E-state index in [1.54, 1.807) is 19.1 Å². The molecule has 0 fully saturated rings. The summed E-state index contributed by atoms with van der Waals surface area (Å²) in [5.74, 6) is -0.905. The van der Waals surface area contributed by atoms with Gasteiger partial charge in [0, 0.05) is 12.1 Å². The van der Waals surface area contributed by atoms with Crippen LogP contribution in [-0.2, 0) is 4.79 Å². The lowest BCUT2D eigenvalue weighted by molar-refractivity contribution is -0.385. The van der Waals surface area contributed by atoms with Gasteiger partial charge in [-0.25, -0.2) is 0 Å². The van der Waals surface area contributed by atoms with E-state index in [0.29, 0.717) is 5.56 Å². The Labute approximate surface area is 147 Å². The highest BCUT2D eigenvalue weighted by atomic mass is 16.6. The van der Waals surface area contributed by atoms with Crippen LogP contribution >= 0.6 is 0 Å². The van der Waals surface area contributed by atoms with Crippen molar-refractivity contribution < 1.29 is 14.6 Å². The van der Waals surface area contributed by atoms with Crippen LogP contribution in [0.2, 0.25) is 0 Å². The highest BCUT2D eigenvalue weighted by molar-refractivity contribution is 6.10. The summed E-state index contributed by atoms with van der Waals surface area (Å²) in [5, 5.41) is 33.6. The molecule has 0 aliphatic heterocycles. The summed E-state index contributed by atoms with van der Waals surface area (Å²) in [5.41, 5.74) is -0.382. The minimum Gasteiger partial charge on any atom is -0.316 e. The second-order valence-corrected chi connectivity index (χ2v) is 5.22. The molecule has 130 valence electrons. The van der Waals surface area contributed by atoms with E-state index >= 15 is 0 Å². The van der Waals surface area contributed by atoms with Crippen molar-refractivity contribution >= 4 is 29.0 Å². The number of aryl methyl sites for hydroxylation is 1. The fourth-order valence-electron chi connectivity index (χ4n) is 2.17. The van der Waals surface area contributed by atoms with Gasteiger partial charge in [0.25, 0.3) is 17.3 Å². The average molecular weight is 352 g/mol. The van der Waals surface area contributed by atoms with Crippen molar-refractivity contribution in [2.45, 2.75) is 6.92 Å². The first kappa shape index (κ1) is 18.3. The Morgan fingerprint density at radius 3 is 2.38 bits per heavy atom. The molecule has 0 atom stereocenters. The molecule has 0 unspecified atom stereocenters. The Hall–Kier alpha value is -4.06. The van der Waals surface area contributed by atoms with Gasteiger partial charge in [-0.15, -0.1) is 0 Å². The number of amides is 1. The molecule has 0 saturated heterocycles. The number of nitrogens with zero attached hydrogens (tertiary/aromatic N) is 3. The summed E-state index contributed by atoms with van der Waals surface area (Å²) in [6.07, 6.45) is 1.06. The van der Waals surface area contributed by atoms with Gasteiger partial charge in [0.2, 0.25) is 0 Å². The van der Waals surface area contributed by atoms with E-state index in [9.17, 15) is 30.3 Å². The van der Waals surface area contributed by atoms with Crippen molar-refractivity contribution in [3.05, 3.63) is 79.4 Å². The van der Waals surface area contributed by atoms with Crippen LogP contribution in [0, 0.1) is 38.5 Å². The normalized spacial score (nSPS) is 10.7. The molecule has 0 heterocycles. The van der Waals surface area contributed by atoms with Gasteiger partial charge in [-0.1, -0.05) is 18.2 Å². The highest BCUT2D eigenvalue weighted by Crippen LogP contribution is 2.26. The van der Waals surface area contributed by atoms with Crippen molar-refractivity contribution in [3.8, 4) is 6.07 Å². The molecule has 1 amide bonds. The zero-order valence-electron chi connectivity index (χ0n) is 13.5. The van der Waals surface area contributed by atoms with Crippen LogP contribution < -0.4 is 5.32 Å². The van der Waals surface area contributed by atoms with Crippen LogP contribution in [-0.4, -0.2) is 15.8 Å². The Bertz CT molecular complexity index is 975. The van der Waals surface area contributed by atoms with Crippen LogP contribution in [0.3, 0.4) is 0 Å². The SMILES string of the molecule is Cc1ccc(NC(=O)C(C#N)=Cc2ccccc2[N+](=O)[O-])c([N+](=O)[O-])c1. The number of benzene rings is 2. The molecule has 2 rings (SSSR count). The molecule has 0 aliphatic rings. The van der Waals surface area contributed by atoms with Crippen molar-refractivity contribution in [1.29, 1.82) is 5.26 Å². The zero-order chi connectivity index (χ0) is 19.3. The molecule has 0 aliphatic carbocycles. The number of nitro groups is 2. The van der Waals surface area contributed by atoms with E-state index in [0.717, 1.165) is 6.08 Å². The molecule has 2 aromatic carbocycles. The largest absolute Gasteiger partial charge is 0.316 e. The first-order valence-electron chi connectivity index (χ1n) is 7.25. The highest BCUT2D eigenvalue weighted by Gasteiger charge is 2.19. The fraction of sp³-hybridized carbons (Fsp3) is 0.0588. The fourth-order valence-corrected chi connectivity index (χ4v) is 2.17. The van der Waals surface area contributed by atoms with Crippen LogP contribution in [0.4, 0.5) is 17.1 Å². The number of hydrogen-bond acceptors (Lipinski definition) is 6. The van der Waals surface area contributed by atoms with Gasteiger partial charge in [0.1, 0.15) is 17.3 Å². The smallest absolute Gasteiger partial charge is 0.293 e. The van der Waals surface area contributed by atoms with E-state index in [4.69, 9.17) is 0 Å². The molecule has 26 heavy (non-hydrogen) atoms. The summed E-state index contributed by atoms with van der Waals surface area (Å²) in [7, 11) is 0. The van der Waals surface area contributed by atoms with E-state index < -0.39 is 21.3 Å². The van der Waals surface area contributed by atoms with Crippen LogP contribution in [0.25, 0.3) is 6.08 Å². The Morgan fingerprint density at radius 1 is 1.12 bits per heavy atom. The predicted molar refractivity (Wildman–Crippen MR) is 93.1 cm³/mol. The summed E-state index contributed by atoms with van der Waals surface area (Å²) in [6, 6.07) is 11.5. The number of anilines is 1. The van der Waals surface area contributed by atoms with Crippen molar-refractivity contribution in [2.75, 3.05) is 5.32 Å². The van der Waals surface area contributed by atoms with Crippen molar-refractivity contribution in [1.82, 2.24) is 0 Å². The van der Waals surface area contributed by atoms with Gasteiger partial charge in [-0.05, 0) is 30.7 Å². The standard InChI is InChI=1S/C17H12N4O5/c1-11-6-7-14(16(8-11)21(25)26)19-17(22)13(10-18)9-12-4-2-3-5-15(12)20(23)24/h2-9H,1H3,(H,19,22). The quantitative estimate of drug-likeness (QED) is 0.379. The third kappa shape index (κ3) is 4.07. The number of carbonyl (C=O) groups excluding carboxylic acids is 1. The first-order valence-corrected chi connectivity index (χ1v) is 7.25. The molecule has 9 heteroatoms. The third-order valence-electron chi connectivity index (χ3n) is 3.40. The maximum Gasteiger partial charge on any atom is 0.293 e. The Morgan fingerprint density at radius 2 is 1.77 bits per heavy atom. The van der Waals surface area contributed by atoms with Gasteiger partial charge in [-0.3, -0.25) is 25.0 Å². The second kappa shape index (κ2) is 7.67. The molecule has 9 nitrogen and oxygen atoms in total. The van der Waals surface area contributed by atoms with Gasteiger partial charge in [-0.2, -0.15) is 5.26 Å². The van der Waals surface area contributed by atoms with E-state index in [2.05, 4.69) is 5.32 Å². The van der Waals surface area contributed by atoms with Crippen molar-refractivity contribution in [3.63, 3.8) is 0 Å². The monoisotopic (exact) mass is 352 g/mol. The van der Waals surface area contributed by atoms with Gasteiger partial charge < -0.3 is 5.32 Å². The molecule has 0 saturated carbocycles. The first-order chi connectivity index (χ1) is 12.3. The molecular weight excluding hydrogens is 340 g/mol. The third-order valence-corrected chi connectivity index (χ3v) is 3.40. The minimum atomic E-state index is -0.905. The molecule has 0 radical (unpaired) electrons. The van der Waals surface area contributed by atoms with E-state index in [1.807, 2.05) is 0 Å². The Kier molecular flexibility index (Phi) is 5.40. The number of hydrogen-bond donors (Lipinski definition) is 1.